The molecule has 3 rings (SSSR count). The summed E-state index contributed by atoms with van der Waals surface area (Å²) in [4.78, 5) is 12.0. The number of nitrogen functional groups attached to an aromatic ring is 1. The van der Waals surface area contributed by atoms with Crippen LogP contribution in [0.1, 0.15) is 31.2 Å². The Morgan fingerprint density at radius 2 is 2.00 bits per heavy atom. The van der Waals surface area contributed by atoms with Gasteiger partial charge in [-0.2, -0.15) is 0 Å². The van der Waals surface area contributed by atoms with Crippen molar-refractivity contribution in [3.63, 3.8) is 0 Å². The summed E-state index contributed by atoms with van der Waals surface area (Å²) in [6.07, 6.45) is 4.26. The van der Waals surface area contributed by atoms with Gasteiger partial charge in [-0.05, 0) is 30.5 Å². The van der Waals surface area contributed by atoms with Crippen LogP contribution in [0, 0.1) is 0 Å². The van der Waals surface area contributed by atoms with Gasteiger partial charge in [-0.15, -0.1) is 0 Å². The van der Waals surface area contributed by atoms with Crippen molar-refractivity contribution in [2.45, 2.75) is 31.1 Å². The zero-order chi connectivity index (χ0) is 10.5. The van der Waals surface area contributed by atoms with Crippen LogP contribution in [-0.4, -0.2) is 5.91 Å². The minimum atomic E-state index is -0.233. The van der Waals surface area contributed by atoms with Crippen LogP contribution in [0.5, 0.6) is 0 Å². The molecule has 2 aliphatic rings. The zero-order valence-electron chi connectivity index (χ0n) is 8.55. The van der Waals surface area contributed by atoms with Gasteiger partial charge in [0.25, 0.3) is 0 Å². The first-order valence-electron chi connectivity index (χ1n) is 5.44. The minimum absolute atomic E-state index is 0.167. The normalized spacial score (nSPS) is 21.7. The predicted octanol–water partition coefficient (Wildman–Crippen LogP) is 2.03. The molecular weight excluding hydrogens is 188 g/mol. The summed E-state index contributed by atoms with van der Waals surface area (Å²) in [5.41, 5.74) is 8.26. The van der Waals surface area contributed by atoms with Gasteiger partial charge in [0.05, 0.1) is 5.41 Å². The Morgan fingerprint density at radius 1 is 1.27 bits per heavy atom. The Morgan fingerprint density at radius 3 is 2.73 bits per heavy atom. The molecule has 15 heavy (non-hydrogen) atoms. The Balaban J connectivity index is 2.17. The molecule has 0 atom stereocenters. The van der Waals surface area contributed by atoms with Crippen molar-refractivity contribution in [3.8, 4) is 0 Å². The van der Waals surface area contributed by atoms with Gasteiger partial charge in [0.15, 0.2) is 0 Å². The summed E-state index contributed by atoms with van der Waals surface area (Å²) in [5, 5.41) is 2.95. The smallest absolute Gasteiger partial charge is 0.235 e. The lowest BCUT2D eigenvalue weighted by Gasteiger charge is -2.20. The first-order chi connectivity index (χ1) is 7.22. The van der Waals surface area contributed by atoms with Gasteiger partial charge >= 0.3 is 0 Å². The molecule has 1 aliphatic carbocycles. The molecule has 3 heteroatoms. The Kier molecular flexibility index (Phi) is 1.61. The standard InChI is InChI=1S/C12H14N2O/c13-8-3-4-9-10(7-8)14-11(15)12(9)5-1-2-6-12/h3-4,7H,1-2,5-6,13H2,(H,14,15). The number of amides is 1. The van der Waals surface area contributed by atoms with Crippen LogP contribution in [0.2, 0.25) is 0 Å². The fourth-order valence-corrected chi connectivity index (χ4v) is 2.92. The second kappa shape index (κ2) is 2.75. The van der Waals surface area contributed by atoms with Gasteiger partial charge in [0, 0.05) is 11.4 Å². The SMILES string of the molecule is Nc1ccc2c(c1)NC(=O)C21CCCC1. The van der Waals surface area contributed by atoms with Crippen molar-refractivity contribution in [1.82, 2.24) is 0 Å². The van der Waals surface area contributed by atoms with Gasteiger partial charge in [-0.25, -0.2) is 0 Å². The number of anilines is 2. The second-order valence-electron chi connectivity index (χ2n) is 4.55. The van der Waals surface area contributed by atoms with E-state index >= 15 is 0 Å². The lowest BCUT2D eigenvalue weighted by atomic mass is 9.80. The van der Waals surface area contributed by atoms with Crippen LogP contribution in [-0.2, 0) is 10.2 Å². The average Bonchev–Trinajstić information content (AvgIpc) is 2.76. The molecule has 1 aromatic rings. The van der Waals surface area contributed by atoms with E-state index < -0.39 is 0 Å². The molecule has 1 spiro atoms. The summed E-state index contributed by atoms with van der Waals surface area (Å²) in [5.74, 6) is 0.167. The molecule has 1 heterocycles. The third-order valence-corrected chi connectivity index (χ3v) is 3.70. The molecule has 0 saturated heterocycles. The van der Waals surface area contributed by atoms with E-state index in [1.165, 1.54) is 0 Å². The molecule has 1 aliphatic heterocycles. The number of hydrogen-bond donors (Lipinski definition) is 2. The maximum absolute atomic E-state index is 12.0. The first-order valence-corrected chi connectivity index (χ1v) is 5.44. The quantitative estimate of drug-likeness (QED) is 0.632. The predicted molar refractivity (Wildman–Crippen MR) is 59.6 cm³/mol. The highest BCUT2D eigenvalue weighted by atomic mass is 16.2. The molecule has 0 bridgehead atoms. The number of nitrogens with one attached hydrogen (secondary N) is 1. The zero-order valence-corrected chi connectivity index (χ0v) is 8.55. The monoisotopic (exact) mass is 202 g/mol. The molecule has 1 saturated carbocycles. The maximum Gasteiger partial charge on any atom is 0.235 e. The molecule has 1 amide bonds. The van der Waals surface area contributed by atoms with E-state index in [4.69, 9.17) is 5.73 Å². The molecular formula is C12H14N2O. The van der Waals surface area contributed by atoms with Crippen molar-refractivity contribution in [2.24, 2.45) is 0 Å². The molecule has 0 radical (unpaired) electrons. The largest absolute Gasteiger partial charge is 0.399 e. The topological polar surface area (TPSA) is 55.1 Å². The van der Waals surface area contributed by atoms with E-state index in [9.17, 15) is 4.79 Å². The molecule has 0 unspecified atom stereocenters. The highest BCUT2D eigenvalue weighted by Crippen LogP contribution is 2.48. The molecule has 1 fully saturated rings. The third-order valence-electron chi connectivity index (χ3n) is 3.70. The lowest BCUT2D eigenvalue weighted by molar-refractivity contribution is -0.120. The van der Waals surface area contributed by atoms with Crippen LogP contribution in [0.3, 0.4) is 0 Å². The van der Waals surface area contributed by atoms with Crippen molar-refractivity contribution in [3.05, 3.63) is 23.8 Å². The molecule has 0 aromatic heterocycles. The summed E-state index contributed by atoms with van der Waals surface area (Å²) in [7, 11) is 0. The number of nitrogens with two attached hydrogens (primary N) is 1. The van der Waals surface area contributed by atoms with Gasteiger partial charge in [0.2, 0.25) is 5.91 Å². The van der Waals surface area contributed by atoms with Crippen molar-refractivity contribution in [1.29, 1.82) is 0 Å². The number of fused-ring (bicyclic) bond motifs is 2. The summed E-state index contributed by atoms with van der Waals surface area (Å²) < 4.78 is 0. The fraction of sp³-hybridized carbons (Fsp3) is 0.417. The van der Waals surface area contributed by atoms with Crippen LogP contribution in [0.25, 0.3) is 0 Å². The molecule has 3 N–H and O–H groups in total. The summed E-state index contributed by atoms with van der Waals surface area (Å²) in [6, 6.07) is 5.76. The van der Waals surface area contributed by atoms with Gasteiger partial charge in [-0.3, -0.25) is 4.79 Å². The van der Waals surface area contributed by atoms with Gasteiger partial charge in [-0.1, -0.05) is 18.9 Å². The molecule has 1 aromatic carbocycles. The summed E-state index contributed by atoms with van der Waals surface area (Å²) >= 11 is 0. The van der Waals surface area contributed by atoms with E-state index in [2.05, 4.69) is 5.32 Å². The Hall–Kier alpha value is -1.51. The second-order valence-corrected chi connectivity index (χ2v) is 4.55. The van der Waals surface area contributed by atoms with E-state index in [0.29, 0.717) is 5.69 Å². The first kappa shape index (κ1) is 8.77. The third kappa shape index (κ3) is 1.03. The fourth-order valence-electron chi connectivity index (χ4n) is 2.92. The molecule has 78 valence electrons. The number of hydrogen-bond acceptors (Lipinski definition) is 2. The number of rotatable bonds is 0. The van der Waals surface area contributed by atoms with Gasteiger partial charge < -0.3 is 11.1 Å². The van der Waals surface area contributed by atoms with Crippen LogP contribution < -0.4 is 11.1 Å². The van der Waals surface area contributed by atoms with E-state index in [1.54, 1.807) is 0 Å². The number of carbonyl (C=O) groups excluding carboxylic acids is 1. The number of benzene rings is 1. The summed E-state index contributed by atoms with van der Waals surface area (Å²) in [6.45, 7) is 0. The van der Waals surface area contributed by atoms with E-state index in [-0.39, 0.29) is 11.3 Å². The Labute approximate surface area is 88.7 Å². The average molecular weight is 202 g/mol. The van der Waals surface area contributed by atoms with Gasteiger partial charge in [0.1, 0.15) is 0 Å². The van der Waals surface area contributed by atoms with E-state index in [0.717, 1.165) is 36.9 Å². The Bertz CT molecular complexity index is 433. The lowest BCUT2D eigenvalue weighted by Crippen LogP contribution is -2.30. The van der Waals surface area contributed by atoms with E-state index in [1.807, 2.05) is 18.2 Å². The maximum atomic E-state index is 12.0. The molecule has 3 nitrogen and oxygen atoms in total. The van der Waals surface area contributed by atoms with Crippen molar-refractivity contribution >= 4 is 17.3 Å². The van der Waals surface area contributed by atoms with Crippen molar-refractivity contribution in [2.75, 3.05) is 11.1 Å². The highest BCUT2D eigenvalue weighted by Gasteiger charge is 2.48. The van der Waals surface area contributed by atoms with Crippen LogP contribution in [0.4, 0.5) is 11.4 Å². The van der Waals surface area contributed by atoms with Crippen LogP contribution >= 0.6 is 0 Å². The van der Waals surface area contributed by atoms with Crippen molar-refractivity contribution < 1.29 is 4.79 Å². The minimum Gasteiger partial charge on any atom is -0.399 e. The van der Waals surface area contributed by atoms with Crippen LogP contribution in [0.15, 0.2) is 18.2 Å². The highest BCUT2D eigenvalue weighted by molar-refractivity contribution is 6.06. The number of carbonyl (C=O) groups is 1.